The quantitative estimate of drug-likeness (QED) is 0.852. The second kappa shape index (κ2) is 5.61. The Kier molecular flexibility index (Phi) is 3.81. The van der Waals surface area contributed by atoms with Crippen LogP contribution in [-0.2, 0) is 18.3 Å². The van der Waals surface area contributed by atoms with Crippen molar-refractivity contribution in [1.29, 1.82) is 0 Å². The van der Waals surface area contributed by atoms with Crippen LogP contribution in [0, 0.1) is 5.82 Å². The number of anilines is 2. The predicted molar refractivity (Wildman–Crippen MR) is 90.7 cm³/mol. The van der Waals surface area contributed by atoms with Crippen molar-refractivity contribution in [2.24, 2.45) is 7.05 Å². The van der Waals surface area contributed by atoms with Crippen molar-refractivity contribution in [1.82, 2.24) is 14.3 Å². The van der Waals surface area contributed by atoms with Crippen LogP contribution in [0.25, 0.3) is 5.69 Å². The van der Waals surface area contributed by atoms with E-state index >= 15 is 0 Å². The lowest BCUT2D eigenvalue weighted by molar-refractivity contribution is 0.0636. The van der Waals surface area contributed by atoms with Gasteiger partial charge in [-0.25, -0.2) is 23.2 Å². The van der Waals surface area contributed by atoms with Gasteiger partial charge in [0.15, 0.2) is 5.82 Å². The van der Waals surface area contributed by atoms with Crippen molar-refractivity contribution in [2.45, 2.75) is 32.9 Å². The molecule has 1 aromatic carbocycles. The van der Waals surface area contributed by atoms with Gasteiger partial charge in [-0.3, -0.25) is 5.32 Å². The van der Waals surface area contributed by atoms with Gasteiger partial charge < -0.3 is 9.64 Å². The lowest BCUT2D eigenvalue weighted by Gasteiger charge is -2.30. The first-order chi connectivity index (χ1) is 11.6. The molecule has 1 aliphatic heterocycles. The highest BCUT2D eigenvalue weighted by molar-refractivity contribution is 5.93. The molecule has 2 heterocycles. The number of carbonyl (C=O) groups excluding carboxylic acids is 1. The maximum Gasteiger partial charge on any atom is 0.412 e. The van der Waals surface area contributed by atoms with Crippen LogP contribution < -0.4 is 15.9 Å². The van der Waals surface area contributed by atoms with Gasteiger partial charge in [0, 0.05) is 20.2 Å². The molecule has 1 aliphatic rings. The van der Waals surface area contributed by atoms with E-state index in [1.807, 2.05) is 0 Å². The Hall–Kier alpha value is -2.84. The number of hydrogen-bond acceptors (Lipinski definition) is 5. The van der Waals surface area contributed by atoms with Crippen LogP contribution in [0.15, 0.2) is 16.9 Å². The molecule has 0 spiro atoms. The highest BCUT2D eigenvalue weighted by Crippen LogP contribution is 2.37. The predicted octanol–water partition coefficient (Wildman–Crippen LogP) is 2.01. The number of halogens is 1. The Morgan fingerprint density at radius 3 is 2.64 bits per heavy atom. The van der Waals surface area contributed by atoms with Crippen LogP contribution in [0.2, 0.25) is 0 Å². The van der Waals surface area contributed by atoms with E-state index in [1.54, 1.807) is 32.7 Å². The number of benzene rings is 1. The van der Waals surface area contributed by atoms with E-state index in [1.165, 1.54) is 28.4 Å². The van der Waals surface area contributed by atoms with Gasteiger partial charge in [-0.1, -0.05) is 0 Å². The third-order valence-corrected chi connectivity index (χ3v) is 3.68. The molecule has 3 rings (SSSR count). The molecule has 0 bridgehead atoms. The number of nitrogens with one attached hydrogen (secondary N) is 1. The average Bonchev–Trinajstić information content (AvgIpc) is 2.70. The number of carbonyl (C=O) groups is 1. The summed E-state index contributed by atoms with van der Waals surface area (Å²) in [5.74, 6) is -0.0851. The van der Waals surface area contributed by atoms with E-state index < -0.39 is 17.5 Å². The summed E-state index contributed by atoms with van der Waals surface area (Å²) in [6.45, 7) is 5.56. The van der Waals surface area contributed by atoms with Crippen LogP contribution in [0.3, 0.4) is 0 Å². The summed E-state index contributed by atoms with van der Waals surface area (Å²) in [5.41, 5.74) is 0.0192. The molecule has 0 fully saturated rings. The monoisotopic (exact) mass is 349 g/mol. The Bertz CT molecular complexity index is 910. The molecular weight excluding hydrogens is 329 g/mol. The summed E-state index contributed by atoms with van der Waals surface area (Å²) < 4.78 is 21.9. The molecule has 0 atom stereocenters. The average molecular weight is 349 g/mol. The standard InChI is InChI=1S/C16H20FN5O3/c1-16(2,3)25-14(23)18-10-6-9(17)7-11-13(10)20(4)8-12-19-21(5)15(24)22(11)12/h6-7H,8H2,1-5H3,(H,18,23). The van der Waals surface area contributed by atoms with E-state index in [-0.39, 0.29) is 11.4 Å². The van der Waals surface area contributed by atoms with Gasteiger partial charge in [0.2, 0.25) is 0 Å². The minimum Gasteiger partial charge on any atom is -0.444 e. The van der Waals surface area contributed by atoms with E-state index in [0.29, 0.717) is 23.7 Å². The molecule has 25 heavy (non-hydrogen) atoms. The van der Waals surface area contributed by atoms with Crippen molar-refractivity contribution in [2.75, 3.05) is 17.3 Å². The molecule has 9 heteroatoms. The third-order valence-electron chi connectivity index (χ3n) is 3.68. The number of nitrogens with zero attached hydrogens (tertiary/aromatic N) is 4. The molecule has 1 amide bonds. The molecule has 134 valence electrons. The van der Waals surface area contributed by atoms with Crippen molar-refractivity contribution in [3.63, 3.8) is 0 Å². The molecule has 0 radical (unpaired) electrons. The first kappa shape index (κ1) is 17.0. The zero-order valence-electron chi connectivity index (χ0n) is 14.8. The molecule has 0 aliphatic carbocycles. The van der Waals surface area contributed by atoms with Crippen LogP contribution >= 0.6 is 0 Å². The maximum atomic E-state index is 14.1. The second-order valence-electron chi connectivity index (χ2n) is 6.96. The molecule has 0 saturated heterocycles. The summed E-state index contributed by atoms with van der Waals surface area (Å²) in [4.78, 5) is 26.2. The summed E-state index contributed by atoms with van der Waals surface area (Å²) in [6.07, 6.45) is -0.696. The summed E-state index contributed by atoms with van der Waals surface area (Å²) in [6, 6.07) is 2.45. The number of ether oxygens (including phenoxy) is 1. The van der Waals surface area contributed by atoms with Gasteiger partial charge >= 0.3 is 11.8 Å². The first-order valence-electron chi connectivity index (χ1n) is 7.77. The van der Waals surface area contributed by atoms with Crippen LogP contribution in [0.4, 0.5) is 20.6 Å². The van der Waals surface area contributed by atoms with Crippen molar-refractivity contribution in [3.8, 4) is 5.69 Å². The van der Waals surface area contributed by atoms with Gasteiger partial charge in [-0.05, 0) is 26.8 Å². The second-order valence-corrected chi connectivity index (χ2v) is 6.96. The normalized spacial score (nSPS) is 13.3. The summed E-state index contributed by atoms with van der Waals surface area (Å²) >= 11 is 0. The SMILES string of the molecule is CN1Cc2nn(C)c(=O)n2-c2cc(F)cc(NC(=O)OC(C)(C)C)c21. The fourth-order valence-electron chi connectivity index (χ4n) is 2.82. The number of aryl methyl sites for hydroxylation is 1. The fraction of sp³-hybridized carbons (Fsp3) is 0.438. The first-order valence-corrected chi connectivity index (χ1v) is 7.77. The van der Waals surface area contributed by atoms with Gasteiger partial charge in [0.05, 0.1) is 23.6 Å². The maximum absolute atomic E-state index is 14.1. The van der Waals surface area contributed by atoms with Crippen LogP contribution in [0.5, 0.6) is 0 Å². The molecule has 8 nitrogen and oxygen atoms in total. The molecule has 0 unspecified atom stereocenters. The Balaban J connectivity index is 2.10. The van der Waals surface area contributed by atoms with Gasteiger partial charge in [-0.15, -0.1) is 0 Å². The number of rotatable bonds is 1. The molecule has 1 aromatic heterocycles. The molecule has 0 saturated carbocycles. The fourth-order valence-corrected chi connectivity index (χ4v) is 2.82. The van der Waals surface area contributed by atoms with Crippen molar-refractivity contribution >= 4 is 17.5 Å². The zero-order chi connectivity index (χ0) is 18.5. The summed E-state index contributed by atoms with van der Waals surface area (Å²) in [7, 11) is 3.31. The topological polar surface area (TPSA) is 81.4 Å². The highest BCUT2D eigenvalue weighted by Gasteiger charge is 2.28. The minimum absolute atomic E-state index is 0.230. The van der Waals surface area contributed by atoms with Crippen molar-refractivity contribution < 1.29 is 13.9 Å². The van der Waals surface area contributed by atoms with Crippen LogP contribution in [-0.4, -0.2) is 33.1 Å². The lowest BCUT2D eigenvalue weighted by atomic mass is 10.1. The smallest absolute Gasteiger partial charge is 0.412 e. The van der Waals surface area contributed by atoms with Crippen molar-refractivity contribution in [3.05, 3.63) is 34.3 Å². The molecular formula is C16H20FN5O3. The largest absolute Gasteiger partial charge is 0.444 e. The van der Waals surface area contributed by atoms with E-state index in [2.05, 4.69) is 10.4 Å². The highest BCUT2D eigenvalue weighted by atomic mass is 19.1. The number of fused-ring (bicyclic) bond motifs is 3. The van der Waals surface area contributed by atoms with Gasteiger partial charge in [-0.2, -0.15) is 5.10 Å². The lowest BCUT2D eigenvalue weighted by Crippen LogP contribution is -2.32. The molecule has 2 aromatic rings. The van der Waals surface area contributed by atoms with E-state index in [4.69, 9.17) is 4.74 Å². The summed E-state index contributed by atoms with van der Waals surface area (Å²) in [5, 5.41) is 6.73. The van der Waals surface area contributed by atoms with Gasteiger partial charge in [0.1, 0.15) is 11.4 Å². The Labute approximate surface area is 143 Å². The zero-order valence-corrected chi connectivity index (χ0v) is 14.8. The minimum atomic E-state index is -0.696. The Morgan fingerprint density at radius 2 is 2.00 bits per heavy atom. The number of amides is 1. The van der Waals surface area contributed by atoms with E-state index in [9.17, 15) is 14.0 Å². The number of aromatic nitrogens is 3. The van der Waals surface area contributed by atoms with Crippen LogP contribution in [0.1, 0.15) is 26.6 Å². The molecule has 1 N–H and O–H groups in total. The Morgan fingerprint density at radius 1 is 1.32 bits per heavy atom. The van der Waals surface area contributed by atoms with E-state index in [0.717, 1.165) is 0 Å². The third kappa shape index (κ3) is 3.09. The number of hydrogen-bond donors (Lipinski definition) is 1. The van der Waals surface area contributed by atoms with Gasteiger partial charge in [0.25, 0.3) is 0 Å².